The first-order valence-electron chi connectivity index (χ1n) is 9.65. The Hall–Kier alpha value is -2.25. The molecule has 0 fully saturated rings. The molecular weight excluding hydrogens is 366 g/mol. The summed E-state index contributed by atoms with van der Waals surface area (Å²) in [5.41, 5.74) is 5.15. The molecule has 0 amide bonds. The lowest BCUT2D eigenvalue weighted by molar-refractivity contribution is -0.136. The highest BCUT2D eigenvalue weighted by atomic mass is 32.2. The van der Waals surface area contributed by atoms with Crippen molar-refractivity contribution in [2.45, 2.75) is 68.9 Å². The lowest BCUT2D eigenvalue weighted by Gasteiger charge is -2.42. The van der Waals surface area contributed by atoms with E-state index in [0.29, 0.717) is 11.3 Å². The van der Waals surface area contributed by atoms with Crippen molar-refractivity contribution in [3.63, 3.8) is 0 Å². The van der Waals surface area contributed by atoms with Gasteiger partial charge in [-0.3, -0.25) is 4.79 Å². The number of benzene rings is 1. The Bertz CT molecular complexity index is 963. The van der Waals surface area contributed by atoms with Gasteiger partial charge in [0.05, 0.1) is 6.42 Å². The van der Waals surface area contributed by atoms with E-state index < -0.39 is 5.97 Å². The van der Waals surface area contributed by atoms with E-state index in [1.165, 1.54) is 16.0 Å². The van der Waals surface area contributed by atoms with Gasteiger partial charge in [0.15, 0.2) is 0 Å². The molecule has 0 unspecified atom stereocenters. The largest absolute Gasteiger partial charge is 0.481 e. The molecule has 0 saturated carbocycles. The number of aromatic nitrogens is 1. The van der Waals surface area contributed by atoms with E-state index in [0.717, 1.165) is 18.4 Å². The van der Waals surface area contributed by atoms with Gasteiger partial charge in [0.1, 0.15) is 5.69 Å². The summed E-state index contributed by atoms with van der Waals surface area (Å²) in [5.74, 6) is 5.61. The summed E-state index contributed by atoms with van der Waals surface area (Å²) in [4.78, 5) is 16.5. The summed E-state index contributed by atoms with van der Waals surface area (Å²) in [6.07, 6.45) is 3.63. The number of nitrogens with zero attached hydrogens (tertiary/aromatic N) is 1. The van der Waals surface area contributed by atoms with Gasteiger partial charge in [-0.05, 0) is 59.1 Å². The minimum Gasteiger partial charge on any atom is -0.481 e. The van der Waals surface area contributed by atoms with E-state index in [4.69, 9.17) is 5.11 Å². The molecule has 4 heteroatoms. The van der Waals surface area contributed by atoms with Crippen molar-refractivity contribution in [1.82, 2.24) is 4.98 Å². The van der Waals surface area contributed by atoms with Crippen molar-refractivity contribution in [3.05, 3.63) is 58.4 Å². The number of carboxylic acids is 1. The van der Waals surface area contributed by atoms with Crippen molar-refractivity contribution in [2.75, 3.05) is 0 Å². The number of aryl methyl sites for hydroxylation is 1. The van der Waals surface area contributed by atoms with Crippen LogP contribution in [0.15, 0.2) is 35.4 Å². The van der Waals surface area contributed by atoms with Crippen LogP contribution in [0.2, 0.25) is 0 Å². The minimum absolute atomic E-state index is 0.0192. The molecule has 146 valence electrons. The summed E-state index contributed by atoms with van der Waals surface area (Å²) in [6, 6.07) is 8.15. The second-order valence-electron chi connectivity index (χ2n) is 8.65. The molecule has 2 heterocycles. The van der Waals surface area contributed by atoms with Crippen LogP contribution >= 0.6 is 11.8 Å². The molecule has 1 aliphatic rings. The van der Waals surface area contributed by atoms with Gasteiger partial charge in [0.25, 0.3) is 0 Å². The fraction of sp³-hybridized carbons (Fsp3) is 0.417. The second kappa shape index (κ2) is 7.64. The number of fused-ring (bicyclic) bond motifs is 1. The van der Waals surface area contributed by atoms with Crippen molar-refractivity contribution in [2.24, 2.45) is 0 Å². The number of pyridine rings is 1. The smallest absolute Gasteiger partial charge is 0.307 e. The van der Waals surface area contributed by atoms with Crippen LogP contribution in [-0.4, -0.2) is 20.8 Å². The van der Waals surface area contributed by atoms with Gasteiger partial charge in [-0.1, -0.05) is 46.6 Å². The van der Waals surface area contributed by atoms with Crippen LogP contribution < -0.4 is 0 Å². The Morgan fingerprint density at radius 3 is 2.57 bits per heavy atom. The van der Waals surface area contributed by atoms with Gasteiger partial charge in [-0.25, -0.2) is 4.98 Å². The van der Waals surface area contributed by atoms with Crippen molar-refractivity contribution in [3.8, 4) is 11.8 Å². The van der Waals surface area contributed by atoms with Crippen LogP contribution in [0.4, 0.5) is 0 Å². The van der Waals surface area contributed by atoms with Crippen molar-refractivity contribution < 1.29 is 9.90 Å². The standard InChI is InChI=1S/C24H27NO2S/c1-6-17-13-21-20(23(2,3)15-24(4,5)28-21)12-18(17)8-10-19-9-7-16(14-25-19)11-22(26)27/h7,9,12-14H,6,11,15H2,1-5H3,(H,26,27). The first-order valence-corrected chi connectivity index (χ1v) is 10.5. The molecule has 0 spiro atoms. The zero-order chi connectivity index (χ0) is 20.5. The minimum atomic E-state index is -0.856. The van der Waals surface area contributed by atoms with E-state index in [9.17, 15) is 4.79 Å². The molecule has 1 N–H and O–H groups in total. The summed E-state index contributed by atoms with van der Waals surface area (Å²) in [5, 5.41) is 8.86. The number of carboxylic acid groups (broad SMARTS) is 1. The molecule has 3 nitrogen and oxygen atoms in total. The summed E-state index contributed by atoms with van der Waals surface area (Å²) >= 11 is 1.97. The van der Waals surface area contributed by atoms with Gasteiger partial charge < -0.3 is 5.11 Å². The third-order valence-corrected chi connectivity index (χ3v) is 6.33. The quantitative estimate of drug-likeness (QED) is 0.726. The van der Waals surface area contributed by atoms with E-state index >= 15 is 0 Å². The van der Waals surface area contributed by atoms with Gasteiger partial charge >= 0.3 is 5.97 Å². The molecule has 3 rings (SSSR count). The highest BCUT2D eigenvalue weighted by Gasteiger charge is 2.38. The van der Waals surface area contributed by atoms with Crippen LogP contribution in [0.5, 0.6) is 0 Å². The van der Waals surface area contributed by atoms with E-state index in [2.05, 4.69) is 63.6 Å². The number of hydrogen-bond donors (Lipinski definition) is 1. The van der Waals surface area contributed by atoms with Gasteiger partial charge in [0.2, 0.25) is 0 Å². The topological polar surface area (TPSA) is 50.2 Å². The maximum absolute atomic E-state index is 10.8. The SMILES string of the molecule is CCc1cc2c(cc1C#Cc1ccc(CC(=O)O)cn1)C(C)(C)CC(C)(C)S2. The van der Waals surface area contributed by atoms with Crippen LogP contribution in [0.1, 0.15) is 69.0 Å². The second-order valence-corrected chi connectivity index (χ2v) is 10.4. The third kappa shape index (κ3) is 4.59. The predicted molar refractivity (Wildman–Crippen MR) is 115 cm³/mol. The monoisotopic (exact) mass is 393 g/mol. The summed E-state index contributed by atoms with van der Waals surface area (Å²) < 4.78 is 0.232. The number of carbonyl (C=O) groups is 1. The van der Waals surface area contributed by atoms with Crippen LogP contribution in [-0.2, 0) is 23.1 Å². The van der Waals surface area contributed by atoms with E-state index in [1.54, 1.807) is 18.3 Å². The van der Waals surface area contributed by atoms with Gasteiger partial charge in [-0.15, -0.1) is 11.8 Å². The Balaban J connectivity index is 1.96. The normalized spacial score (nSPS) is 16.6. The molecule has 28 heavy (non-hydrogen) atoms. The molecule has 2 aromatic rings. The summed E-state index contributed by atoms with van der Waals surface area (Å²) in [7, 11) is 0. The number of aliphatic carboxylic acids is 1. The predicted octanol–water partition coefficient (Wildman–Crippen LogP) is 5.22. The van der Waals surface area contributed by atoms with E-state index in [-0.39, 0.29) is 16.6 Å². The highest BCUT2D eigenvalue weighted by molar-refractivity contribution is 8.00. The number of rotatable bonds is 3. The Labute approximate surface area is 172 Å². The Morgan fingerprint density at radius 1 is 1.21 bits per heavy atom. The van der Waals surface area contributed by atoms with Gasteiger partial charge in [0, 0.05) is 21.4 Å². The molecule has 1 aromatic heterocycles. The Morgan fingerprint density at radius 2 is 1.96 bits per heavy atom. The number of thioether (sulfide) groups is 1. The molecule has 1 aliphatic heterocycles. The maximum atomic E-state index is 10.8. The van der Waals surface area contributed by atoms with Crippen LogP contribution in [0.25, 0.3) is 0 Å². The Kier molecular flexibility index (Phi) is 5.59. The molecule has 0 saturated heterocycles. The zero-order valence-electron chi connectivity index (χ0n) is 17.2. The third-order valence-electron chi connectivity index (χ3n) is 5.07. The van der Waals surface area contributed by atoms with Crippen LogP contribution in [0.3, 0.4) is 0 Å². The lowest BCUT2D eigenvalue weighted by Crippen LogP contribution is -2.33. The molecule has 1 aromatic carbocycles. The number of hydrogen-bond acceptors (Lipinski definition) is 3. The lowest BCUT2D eigenvalue weighted by atomic mass is 9.76. The molecule has 0 radical (unpaired) electrons. The maximum Gasteiger partial charge on any atom is 0.307 e. The van der Waals surface area contributed by atoms with Crippen molar-refractivity contribution >= 4 is 17.7 Å². The fourth-order valence-electron chi connectivity index (χ4n) is 4.05. The highest BCUT2D eigenvalue weighted by Crippen LogP contribution is 2.51. The average molecular weight is 394 g/mol. The molecular formula is C24H27NO2S. The molecule has 0 aliphatic carbocycles. The summed E-state index contributed by atoms with van der Waals surface area (Å²) in [6.45, 7) is 11.4. The first-order chi connectivity index (χ1) is 13.1. The molecule has 0 atom stereocenters. The van der Waals surface area contributed by atoms with E-state index in [1.807, 2.05) is 11.8 Å². The zero-order valence-corrected chi connectivity index (χ0v) is 18.0. The first kappa shape index (κ1) is 20.5. The average Bonchev–Trinajstić information content (AvgIpc) is 2.58. The van der Waals surface area contributed by atoms with Crippen LogP contribution in [0, 0.1) is 11.8 Å². The van der Waals surface area contributed by atoms with Gasteiger partial charge in [-0.2, -0.15) is 0 Å². The van der Waals surface area contributed by atoms with Crippen molar-refractivity contribution in [1.29, 1.82) is 0 Å². The fourth-order valence-corrected chi connectivity index (χ4v) is 5.72. The molecule has 0 bridgehead atoms.